The summed E-state index contributed by atoms with van der Waals surface area (Å²) in [6.45, 7) is 8.86. The van der Waals surface area contributed by atoms with Crippen LogP contribution in [0.2, 0.25) is 0 Å². The molecule has 7 heteroatoms. The number of amides is 1. The molecule has 0 bridgehead atoms. The van der Waals surface area contributed by atoms with Crippen LogP contribution in [0.15, 0.2) is 4.63 Å². The Balaban J connectivity index is 1.75. The number of rotatable bonds is 5. The summed E-state index contributed by atoms with van der Waals surface area (Å²) in [7, 11) is 0. The third-order valence-electron chi connectivity index (χ3n) is 3.51. The van der Waals surface area contributed by atoms with Crippen LogP contribution in [0.3, 0.4) is 0 Å². The number of nitrogens with zero attached hydrogens (tertiary/aromatic N) is 3. The summed E-state index contributed by atoms with van der Waals surface area (Å²) in [5, 5.41) is 10.2. The van der Waals surface area contributed by atoms with Gasteiger partial charge in [0.05, 0.1) is 25.7 Å². The molecule has 1 aliphatic heterocycles. The molecule has 1 atom stereocenters. The Kier molecular flexibility index (Phi) is 5.08. The highest BCUT2D eigenvalue weighted by Gasteiger charge is 2.24. The van der Waals surface area contributed by atoms with Crippen molar-refractivity contribution in [3.8, 4) is 0 Å². The SMILES string of the molecule is Cc1nonc1CNC(=O)C[C@@H]1CN(C(C)C)CCO1. The van der Waals surface area contributed by atoms with Crippen molar-refractivity contribution >= 4 is 5.91 Å². The minimum absolute atomic E-state index is 0.0389. The fraction of sp³-hybridized carbons (Fsp3) is 0.769. The van der Waals surface area contributed by atoms with Crippen LogP contribution < -0.4 is 5.32 Å². The van der Waals surface area contributed by atoms with Crippen LogP contribution in [-0.4, -0.2) is 53.0 Å². The second-order valence-corrected chi connectivity index (χ2v) is 5.36. The van der Waals surface area contributed by atoms with Crippen LogP contribution in [-0.2, 0) is 16.1 Å². The van der Waals surface area contributed by atoms with Gasteiger partial charge in [0.25, 0.3) is 0 Å². The van der Waals surface area contributed by atoms with Gasteiger partial charge in [0.15, 0.2) is 0 Å². The number of hydrogen-bond donors (Lipinski definition) is 1. The molecule has 1 fully saturated rings. The van der Waals surface area contributed by atoms with E-state index in [1.54, 1.807) is 6.92 Å². The van der Waals surface area contributed by atoms with E-state index < -0.39 is 0 Å². The summed E-state index contributed by atoms with van der Waals surface area (Å²) in [6, 6.07) is 0.480. The minimum atomic E-state index is -0.0392. The first kappa shape index (κ1) is 14.9. The molecule has 1 aliphatic rings. The predicted octanol–water partition coefficient (Wildman–Crippen LogP) is 0.494. The molecule has 0 saturated carbocycles. The van der Waals surface area contributed by atoms with Crippen LogP contribution in [0.1, 0.15) is 31.7 Å². The first-order chi connectivity index (χ1) is 9.56. The molecule has 1 amide bonds. The largest absolute Gasteiger partial charge is 0.375 e. The maximum Gasteiger partial charge on any atom is 0.222 e. The van der Waals surface area contributed by atoms with Crippen molar-refractivity contribution in [1.29, 1.82) is 0 Å². The average molecular weight is 282 g/mol. The van der Waals surface area contributed by atoms with Crippen LogP contribution in [0.5, 0.6) is 0 Å². The third-order valence-corrected chi connectivity index (χ3v) is 3.51. The molecule has 112 valence electrons. The predicted molar refractivity (Wildman–Crippen MR) is 71.9 cm³/mol. The highest BCUT2D eigenvalue weighted by atomic mass is 16.6. The minimum Gasteiger partial charge on any atom is -0.375 e. The zero-order valence-electron chi connectivity index (χ0n) is 12.3. The Morgan fingerprint density at radius 3 is 2.95 bits per heavy atom. The fourth-order valence-corrected chi connectivity index (χ4v) is 2.21. The molecule has 1 N–H and O–H groups in total. The van der Waals surface area contributed by atoms with Gasteiger partial charge in [0.1, 0.15) is 11.4 Å². The lowest BCUT2D eigenvalue weighted by molar-refractivity contribution is -0.126. The molecule has 0 radical (unpaired) electrons. The molecule has 0 spiro atoms. The van der Waals surface area contributed by atoms with Crippen LogP contribution >= 0.6 is 0 Å². The van der Waals surface area contributed by atoms with Crippen molar-refractivity contribution in [3.05, 3.63) is 11.4 Å². The summed E-state index contributed by atoms with van der Waals surface area (Å²) in [4.78, 5) is 14.2. The van der Waals surface area contributed by atoms with Crippen molar-refractivity contribution in [3.63, 3.8) is 0 Å². The van der Waals surface area contributed by atoms with E-state index in [0.29, 0.717) is 37.0 Å². The quantitative estimate of drug-likeness (QED) is 0.846. The summed E-state index contributed by atoms with van der Waals surface area (Å²) in [5.74, 6) is -0.0389. The molecule has 0 aliphatic carbocycles. The van der Waals surface area contributed by atoms with Gasteiger partial charge < -0.3 is 10.1 Å². The summed E-state index contributed by atoms with van der Waals surface area (Å²) in [6.07, 6.45) is 0.329. The Morgan fingerprint density at radius 2 is 2.30 bits per heavy atom. The molecule has 0 unspecified atom stereocenters. The van der Waals surface area contributed by atoms with E-state index in [0.717, 1.165) is 13.1 Å². The molecular weight excluding hydrogens is 260 g/mol. The first-order valence-electron chi connectivity index (χ1n) is 6.96. The highest BCUT2D eigenvalue weighted by molar-refractivity contribution is 5.76. The fourth-order valence-electron chi connectivity index (χ4n) is 2.21. The van der Waals surface area contributed by atoms with Crippen molar-refractivity contribution in [1.82, 2.24) is 20.5 Å². The molecule has 7 nitrogen and oxygen atoms in total. The molecule has 1 aromatic heterocycles. The maximum absolute atomic E-state index is 11.9. The Hall–Kier alpha value is -1.47. The number of morpholine rings is 1. The number of aromatic nitrogens is 2. The zero-order valence-corrected chi connectivity index (χ0v) is 12.3. The van der Waals surface area contributed by atoms with E-state index >= 15 is 0 Å². The molecule has 2 heterocycles. The standard InChI is InChI=1S/C13H22N4O3/c1-9(2)17-4-5-19-11(8-17)6-13(18)14-7-12-10(3)15-20-16-12/h9,11H,4-8H2,1-3H3,(H,14,18)/t11-/m1/s1. The lowest BCUT2D eigenvalue weighted by Crippen LogP contribution is -2.47. The number of nitrogens with one attached hydrogen (secondary N) is 1. The van der Waals surface area contributed by atoms with Crippen molar-refractivity contribution in [2.75, 3.05) is 19.7 Å². The number of aryl methyl sites for hydroxylation is 1. The molecule has 20 heavy (non-hydrogen) atoms. The molecular formula is C13H22N4O3. The summed E-state index contributed by atoms with van der Waals surface area (Å²) < 4.78 is 10.2. The van der Waals surface area contributed by atoms with Crippen LogP contribution in [0, 0.1) is 6.92 Å². The zero-order chi connectivity index (χ0) is 14.5. The van der Waals surface area contributed by atoms with E-state index in [1.807, 2.05) is 0 Å². The second-order valence-electron chi connectivity index (χ2n) is 5.36. The van der Waals surface area contributed by atoms with Gasteiger partial charge in [-0.1, -0.05) is 10.3 Å². The topological polar surface area (TPSA) is 80.5 Å². The Bertz CT molecular complexity index is 447. The van der Waals surface area contributed by atoms with Gasteiger partial charge >= 0.3 is 0 Å². The Morgan fingerprint density at radius 1 is 1.50 bits per heavy atom. The van der Waals surface area contributed by atoms with Gasteiger partial charge in [-0.25, -0.2) is 4.63 Å². The van der Waals surface area contributed by atoms with E-state index in [-0.39, 0.29) is 12.0 Å². The molecule has 1 saturated heterocycles. The molecule has 0 aromatic carbocycles. The highest BCUT2D eigenvalue weighted by Crippen LogP contribution is 2.11. The van der Waals surface area contributed by atoms with Crippen LogP contribution in [0.25, 0.3) is 0 Å². The van der Waals surface area contributed by atoms with E-state index in [4.69, 9.17) is 4.74 Å². The van der Waals surface area contributed by atoms with Gasteiger partial charge in [-0.3, -0.25) is 9.69 Å². The average Bonchev–Trinajstić information content (AvgIpc) is 2.82. The van der Waals surface area contributed by atoms with E-state index in [2.05, 4.69) is 39.0 Å². The smallest absolute Gasteiger partial charge is 0.222 e. The van der Waals surface area contributed by atoms with Crippen molar-refractivity contribution in [2.45, 2.75) is 45.9 Å². The summed E-state index contributed by atoms with van der Waals surface area (Å²) >= 11 is 0. The second kappa shape index (κ2) is 6.81. The third kappa shape index (κ3) is 4.01. The van der Waals surface area contributed by atoms with Gasteiger partial charge in [-0.05, 0) is 20.8 Å². The molecule has 2 rings (SSSR count). The number of carbonyl (C=O) groups excluding carboxylic acids is 1. The van der Waals surface area contributed by atoms with Gasteiger partial charge in [-0.15, -0.1) is 0 Å². The molecule has 1 aromatic rings. The van der Waals surface area contributed by atoms with E-state index in [9.17, 15) is 4.79 Å². The van der Waals surface area contributed by atoms with Crippen molar-refractivity contribution < 1.29 is 14.2 Å². The van der Waals surface area contributed by atoms with Crippen molar-refractivity contribution in [2.24, 2.45) is 0 Å². The normalized spacial score (nSPS) is 20.3. The number of carbonyl (C=O) groups is 1. The number of hydrogen-bond acceptors (Lipinski definition) is 6. The lowest BCUT2D eigenvalue weighted by Gasteiger charge is -2.35. The van der Waals surface area contributed by atoms with E-state index in [1.165, 1.54) is 0 Å². The number of ether oxygens (including phenoxy) is 1. The first-order valence-corrected chi connectivity index (χ1v) is 6.96. The lowest BCUT2D eigenvalue weighted by atomic mass is 10.1. The maximum atomic E-state index is 11.9. The van der Waals surface area contributed by atoms with Gasteiger partial charge in [0.2, 0.25) is 5.91 Å². The van der Waals surface area contributed by atoms with Gasteiger partial charge in [-0.2, -0.15) is 0 Å². The monoisotopic (exact) mass is 282 g/mol. The van der Waals surface area contributed by atoms with Crippen LogP contribution in [0.4, 0.5) is 0 Å². The summed E-state index contributed by atoms with van der Waals surface area (Å²) in [5.41, 5.74) is 1.36. The van der Waals surface area contributed by atoms with Gasteiger partial charge in [0, 0.05) is 19.1 Å². The Labute approximate surface area is 118 Å².